The minimum absolute atomic E-state index is 0.265. The maximum absolute atomic E-state index is 10.9. The molecule has 0 atom stereocenters. The molecule has 0 spiro atoms. The number of nitrogens with zero attached hydrogens (tertiary/aromatic N) is 4. The number of hydrogen-bond acceptors (Lipinski definition) is 3. The average molecular weight is 219 g/mol. The zero-order valence-electron chi connectivity index (χ0n) is 9.21. The maximum atomic E-state index is 10.9. The van der Waals surface area contributed by atoms with Gasteiger partial charge in [-0.2, -0.15) is 10.2 Å². The molecule has 16 heavy (non-hydrogen) atoms. The molecular weight excluding hydrogens is 206 g/mol. The van der Waals surface area contributed by atoms with Gasteiger partial charge in [-0.15, -0.1) is 0 Å². The number of aryl methyl sites for hydroxylation is 2. The minimum Gasteiger partial charge on any atom is -0.364 e. The first-order chi connectivity index (χ1) is 7.56. The van der Waals surface area contributed by atoms with E-state index in [0.717, 1.165) is 11.4 Å². The highest BCUT2D eigenvalue weighted by Gasteiger charge is 2.06. The van der Waals surface area contributed by atoms with E-state index in [1.165, 1.54) is 0 Å². The van der Waals surface area contributed by atoms with Gasteiger partial charge in [0, 0.05) is 11.9 Å². The number of carbonyl (C=O) groups is 1. The van der Waals surface area contributed by atoms with Gasteiger partial charge in [-0.05, 0) is 26.0 Å². The molecule has 0 radical (unpaired) electrons. The van der Waals surface area contributed by atoms with E-state index in [-0.39, 0.29) is 5.69 Å². The third kappa shape index (κ3) is 1.95. The smallest absolute Gasteiger partial charge is 0.269 e. The quantitative estimate of drug-likeness (QED) is 0.806. The summed E-state index contributed by atoms with van der Waals surface area (Å²) >= 11 is 0. The fourth-order valence-electron chi connectivity index (χ4n) is 1.53. The Morgan fingerprint density at radius 2 is 2.19 bits per heavy atom. The van der Waals surface area contributed by atoms with Gasteiger partial charge in [0.05, 0.1) is 5.69 Å². The van der Waals surface area contributed by atoms with Crippen LogP contribution < -0.4 is 5.73 Å². The molecule has 0 aliphatic heterocycles. The second-order valence-electron chi connectivity index (χ2n) is 3.67. The molecular formula is C10H13N5O. The van der Waals surface area contributed by atoms with Gasteiger partial charge >= 0.3 is 0 Å². The fraction of sp³-hybridized carbons (Fsp3) is 0.300. The van der Waals surface area contributed by atoms with E-state index in [2.05, 4.69) is 10.2 Å². The van der Waals surface area contributed by atoms with Gasteiger partial charge in [0.25, 0.3) is 5.91 Å². The van der Waals surface area contributed by atoms with Crippen LogP contribution >= 0.6 is 0 Å². The van der Waals surface area contributed by atoms with Gasteiger partial charge in [0.2, 0.25) is 0 Å². The van der Waals surface area contributed by atoms with Crippen LogP contribution in [0.15, 0.2) is 18.3 Å². The lowest BCUT2D eigenvalue weighted by Crippen LogP contribution is -2.15. The second kappa shape index (κ2) is 3.80. The first-order valence-corrected chi connectivity index (χ1v) is 4.90. The van der Waals surface area contributed by atoms with Crippen LogP contribution in [0.4, 0.5) is 0 Å². The van der Waals surface area contributed by atoms with Crippen molar-refractivity contribution in [3.05, 3.63) is 35.4 Å². The highest BCUT2D eigenvalue weighted by molar-refractivity contribution is 5.90. The standard InChI is InChI=1S/C10H13N5O/c1-7-5-8(2)15(12-7)6-14-4-3-9(13-14)10(11)16/h3-5H,6H2,1-2H3,(H2,11,16). The van der Waals surface area contributed by atoms with Crippen molar-refractivity contribution in [2.75, 3.05) is 0 Å². The summed E-state index contributed by atoms with van der Waals surface area (Å²) in [5, 5.41) is 8.34. The van der Waals surface area contributed by atoms with Crippen LogP contribution in [0, 0.1) is 13.8 Å². The van der Waals surface area contributed by atoms with Crippen molar-refractivity contribution in [3.63, 3.8) is 0 Å². The van der Waals surface area contributed by atoms with Crippen molar-refractivity contribution in [1.82, 2.24) is 19.6 Å². The first-order valence-electron chi connectivity index (χ1n) is 4.90. The SMILES string of the molecule is Cc1cc(C)n(Cn2ccc(C(N)=O)n2)n1. The molecule has 0 aliphatic carbocycles. The van der Waals surface area contributed by atoms with Crippen molar-refractivity contribution < 1.29 is 4.79 Å². The monoisotopic (exact) mass is 219 g/mol. The Balaban J connectivity index is 2.20. The van der Waals surface area contributed by atoms with Gasteiger partial charge in [-0.25, -0.2) is 4.68 Å². The third-order valence-corrected chi connectivity index (χ3v) is 2.28. The lowest BCUT2D eigenvalue weighted by atomic mass is 10.4. The van der Waals surface area contributed by atoms with Gasteiger partial charge < -0.3 is 5.73 Å². The topological polar surface area (TPSA) is 78.7 Å². The van der Waals surface area contributed by atoms with Crippen LogP contribution in [0.3, 0.4) is 0 Å². The summed E-state index contributed by atoms with van der Waals surface area (Å²) in [5.74, 6) is -0.521. The van der Waals surface area contributed by atoms with E-state index in [9.17, 15) is 4.79 Å². The molecule has 6 heteroatoms. The van der Waals surface area contributed by atoms with Crippen LogP contribution in [0.1, 0.15) is 21.9 Å². The van der Waals surface area contributed by atoms with Gasteiger partial charge in [0.1, 0.15) is 12.4 Å². The van der Waals surface area contributed by atoms with E-state index in [0.29, 0.717) is 6.67 Å². The maximum Gasteiger partial charge on any atom is 0.269 e. The Kier molecular flexibility index (Phi) is 2.47. The van der Waals surface area contributed by atoms with Crippen LogP contribution in [0.2, 0.25) is 0 Å². The number of hydrogen-bond donors (Lipinski definition) is 1. The predicted octanol–water partition coefficient (Wildman–Crippen LogP) is 0.301. The largest absolute Gasteiger partial charge is 0.364 e. The molecule has 0 fully saturated rings. The van der Waals surface area contributed by atoms with E-state index < -0.39 is 5.91 Å². The zero-order valence-corrected chi connectivity index (χ0v) is 9.21. The Hall–Kier alpha value is -2.11. The molecule has 2 N–H and O–H groups in total. The molecule has 2 rings (SSSR count). The molecule has 1 amide bonds. The molecule has 6 nitrogen and oxygen atoms in total. The summed E-state index contributed by atoms with van der Waals surface area (Å²) in [6.07, 6.45) is 1.70. The lowest BCUT2D eigenvalue weighted by molar-refractivity contribution is 0.0994. The molecule has 2 aromatic rings. The first kappa shape index (κ1) is 10.4. The molecule has 0 saturated heterocycles. The van der Waals surface area contributed by atoms with Crippen molar-refractivity contribution >= 4 is 5.91 Å². The lowest BCUT2D eigenvalue weighted by Gasteiger charge is -2.03. The molecule has 0 aromatic carbocycles. The Morgan fingerprint density at radius 1 is 1.44 bits per heavy atom. The second-order valence-corrected chi connectivity index (χ2v) is 3.67. The van der Waals surface area contributed by atoms with Crippen molar-refractivity contribution in [2.24, 2.45) is 5.73 Å². The number of nitrogens with two attached hydrogens (primary N) is 1. The van der Waals surface area contributed by atoms with Crippen molar-refractivity contribution in [1.29, 1.82) is 0 Å². The van der Waals surface area contributed by atoms with Crippen LogP contribution in [0.25, 0.3) is 0 Å². The van der Waals surface area contributed by atoms with Crippen molar-refractivity contribution in [2.45, 2.75) is 20.5 Å². The molecule has 2 heterocycles. The molecule has 0 aliphatic rings. The summed E-state index contributed by atoms with van der Waals surface area (Å²) < 4.78 is 3.44. The Bertz CT molecular complexity index is 525. The van der Waals surface area contributed by atoms with Gasteiger partial charge in [0.15, 0.2) is 0 Å². The van der Waals surface area contributed by atoms with E-state index >= 15 is 0 Å². The average Bonchev–Trinajstić information content (AvgIpc) is 2.75. The van der Waals surface area contributed by atoms with Crippen LogP contribution in [-0.4, -0.2) is 25.5 Å². The summed E-state index contributed by atoms with van der Waals surface area (Å²) in [6.45, 7) is 4.38. The summed E-state index contributed by atoms with van der Waals surface area (Å²) in [6, 6.07) is 3.58. The highest BCUT2D eigenvalue weighted by atomic mass is 16.1. The zero-order chi connectivity index (χ0) is 11.7. The summed E-state index contributed by atoms with van der Waals surface area (Å²) in [7, 11) is 0. The van der Waals surface area contributed by atoms with Crippen LogP contribution in [-0.2, 0) is 6.67 Å². The highest BCUT2D eigenvalue weighted by Crippen LogP contribution is 2.02. The predicted molar refractivity (Wildman–Crippen MR) is 57.8 cm³/mol. The van der Waals surface area contributed by atoms with E-state index in [1.807, 2.05) is 24.6 Å². The molecule has 0 saturated carbocycles. The van der Waals surface area contributed by atoms with Gasteiger partial charge in [-0.3, -0.25) is 9.48 Å². The number of carbonyl (C=O) groups excluding carboxylic acids is 1. The number of amides is 1. The minimum atomic E-state index is -0.521. The summed E-state index contributed by atoms with van der Waals surface area (Å²) in [5.41, 5.74) is 7.39. The van der Waals surface area contributed by atoms with Crippen molar-refractivity contribution in [3.8, 4) is 0 Å². The molecule has 2 aromatic heterocycles. The fourth-order valence-corrected chi connectivity index (χ4v) is 1.53. The summed E-state index contributed by atoms with van der Waals surface area (Å²) in [4.78, 5) is 10.9. The normalized spacial score (nSPS) is 10.6. The molecule has 84 valence electrons. The number of rotatable bonds is 3. The number of aromatic nitrogens is 4. The van der Waals surface area contributed by atoms with Gasteiger partial charge in [-0.1, -0.05) is 0 Å². The molecule has 0 unspecified atom stereocenters. The number of primary amides is 1. The van der Waals surface area contributed by atoms with E-state index in [4.69, 9.17) is 5.73 Å². The Morgan fingerprint density at radius 3 is 2.69 bits per heavy atom. The van der Waals surface area contributed by atoms with Crippen LogP contribution in [0.5, 0.6) is 0 Å². The third-order valence-electron chi connectivity index (χ3n) is 2.28. The Labute approximate surface area is 92.7 Å². The van der Waals surface area contributed by atoms with E-state index in [1.54, 1.807) is 16.9 Å². The molecule has 0 bridgehead atoms.